The first-order chi connectivity index (χ1) is 5.74. The molecule has 1 amide bonds. The molecule has 0 unspecified atom stereocenters. The van der Waals surface area contributed by atoms with Crippen molar-refractivity contribution in [3.05, 3.63) is 24.2 Å². The molecule has 0 radical (unpaired) electrons. The molecule has 66 valence electrons. The topological polar surface area (TPSA) is 42.2 Å². The summed E-state index contributed by atoms with van der Waals surface area (Å²) in [5, 5.41) is 3.07. The van der Waals surface area contributed by atoms with Gasteiger partial charge in [-0.2, -0.15) is 0 Å². The van der Waals surface area contributed by atoms with E-state index in [1.807, 2.05) is 13.0 Å². The Morgan fingerprint density at radius 2 is 2.58 bits per heavy atom. The van der Waals surface area contributed by atoms with Crippen LogP contribution in [0.3, 0.4) is 0 Å². The zero-order chi connectivity index (χ0) is 8.97. The number of alkyl halides is 1. The van der Waals surface area contributed by atoms with Crippen LogP contribution in [0.15, 0.2) is 22.8 Å². The summed E-state index contributed by atoms with van der Waals surface area (Å²) < 4.78 is 5.11. The highest BCUT2D eigenvalue weighted by molar-refractivity contribution is 9.09. The first-order valence-electron chi connectivity index (χ1n) is 3.62. The van der Waals surface area contributed by atoms with Crippen LogP contribution in [0, 0.1) is 0 Å². The molecule has 0 spiro atoms. The molecule has 3 nitrogen and oxygen atoms in total. The van der Waals surface area contributed by atoms with Gasteiger partial charge in [-0.25, -0.2) is 0 Å². The van der Waals surface area contributed by atoms with Gasteiger partial charge in [-0.1, -0.05) is 15.9 Å². The zero-order valence-electron chi connectivity index (χ0n) is 6.71. The summed E-state index contributed by atoms with van der Waals surface area (Å²) in [5.74, 6) is 0.725. The standard InChI is InChI=1S/C8H10BrNO2/c1-6(10-8(11)5-9)7-3-2-4-12-7/h2-4,6H,5H2,1H3,(H,10,11)/t6-/m0/s1. The van der Waals surface area contributed by atoms with Gasteiger partial charge in [0.05, 0.1) is 17.6 Å². The molecular formula is C8H10BrNO2. The van der Waals surface area contributed by atoms with E-state index in [9.17, 15) is 4.79 Å². The van der Waals surface area contributed by atoms with E-state index in [-0.39, 0.29) is 11.9 Å². The van der Waals surface area contributed by atoms with Gasteiger partial charge in [0.15, 0.2) is 0 Å². The first-order valence-corrected chi connectivity index (χ1v) is 4.75. The van der Waals surface area contributed by atoms with Crippen LogP contribution in [0.4, 0.5) is 0 Å². The van der Waals surface area contributed by atoms with Crippen LogP contribution in [-0.4, -0.2) is 11.2 Å². The molecule has 1 aromatic heterocycles. The molecule has 0 aliphatic heterocycles. The number of amides is 1. The second-order valence-corrected chi connectivity index (χ2v) is 3.00. The molecule has 1 aromatic rings. The van der Waals surface area contributed by atoms with Crippen LogP contribution >= 0.6 is 15.9 Å². The largest absolute Gasteiger partial charge is 0.467 e. The van der Waals surface area contributed by atoms with E-state index >= 15 is 0 Å². The van der Waals surface area contributed by atoms with E-state index in [4.69, 9.17) is 4.42 Å². The molecule has 12 heavy (non-hydrogen) atoms. The van der Waals surface area contributed by atoms with Crippen LogP contribution in [0.5, 0.6) is 0 Å². The minimum atomic E-state index is -0.0648. The third kappa shape index (κ3) is 2.37. The first kappa shape index (κ1) is 9.32. The number of halogens is 1. The molecule has 0 fully saturated rings. The minimum Gasteiger partial charge on any atom is -0.467 e. The average Bonchev–Trinajstić information content (AvgIpc) is 2.56. The Morgan fingerprint density at radius 3 is 3.08 bits per heavy atom. The molecule has 0 aliphatic rings. The number of furan rings is 1. The van der Waals surface area contributed by atoms with Crippen molar-refractivity contribution in [2.75, 3.05) is 5.33 Å². The summed E-state index contributed by atoms with van der Waals surface area (Å²) in [6.45, 7) is 1.87. The van der Waals surface area contributed by atoms with Gasteiger partial charge < -0.3 is 9.73 Å². The van der Waals surface area contributed by atoms with Crippen LogP contribution in [0.2, 0.25) is 0 Å². The molecule has 1 rings (SSSR count). The van der Waals surface area contributed by atoms with Crippen molar-refractivity contribution in [1.82, 2.24) is 5.32 Å². The van der Waals surface area contributed by atoms with Gasteiger partial charge in [0.1, 0.15) is 5.76 Å². The summed E-state index contributed by atoms with van der Waals surface area (Å²) in [7, 11) is 0. The van der Waals surface area contributed by atoms with E-state index < -0.39 is 0 Å². The molecule has 0 saturated heterocycles. The monoisotopic (exact) mass is 231 g/mol. The molecule has 0 saturated carbocycles. The SMILES string of the molecule is C[C@H](NC(=O)CBr)c1ccco1. The van der Waals surface area contributed by atoms with Crippen LogP contribution in [-0.2, 0) is 4.79 Å². The summed E-state index contributed by atoms with van der Waals surface area (Å²) in [4.78, 5) is 10.9. The lowest BCUT2D eigenvalue weighted by Gasteiger charge is -2.09. The van der Waals surface area contributed by atoms with Crippen molar-refractivity contribution in [3.8, 4) is 0 Å². The molecule has 1 heterocycles. The molecule has 0 bridgehead atoms. The smallest absolute Gasteiger partial charge is 0.231 e. The lowest BCUT2D eigenvalue weighted by molar-refractivity contribution is -0.119. The Kier molecular flexibility index (Phi) is 3.34. The molecule has 4 heteroatoms. The summed E-state index contributed by atoms with van der Waals surface area (Å²) in [5.41, 5.74) is 0. The predicted molar refractivity (Wildman–Crippen MR) is 49.1 cm³/mol. The fourth-order valence-corrected chi connectivity index (χ4v) is 1.05. The fourth-order valence-electron chi connectivity index (χ4n) is 0.889. The minimum absolute atomic E-state index is 0.0427. The summed E-state index contributed by atoms with van der Waals surface area (Å²) >= 11 is 3.06. The molecule has 1 N–H and O–H groups in total. The Bertz CT molecular complexity index is 246. The van der Waals surface area contributed by atoms with Crippen LogP contribution < -0.4 is 5.32 Å². The lowest BCUT2D eigenvalue weighted by atomic mass is 10.2. The Labute approximate surface area is 79.3 Å². The van der Waals surface area contributed by atoms with E-state index in [2.05, 4.69) is 21.2 Å². The highest BCUT2D eigenvalue weighted by Crippen LogP contribution is 2.11. The number of nitrogens with one attached hydrogen (secondary N) is 1. The van der Waals surface area contributed by atoms with Crippen LogP contribution in [0.1, 0.15) is 18.7 Å². The van der Waals surface area contributed by atoms with E-state index in [1.165, 1.54) is 0 Å². The maximum absolute atomic E-state index is 10.9. The highest BCUT2D eigenvalue weighted by atomic mass is 79.9. The Morgan fingerprint density at radius 1 is 1.83 bits per heavy atom. The van der Waals surface area contributed by atoms with Crippen molar-refractivity contribution < 1.29 is 9.21 Å². The molecular weight excluding hydrogens is 222 g/mol. The zero-order valence-corrected chi connectivity index (χ0v) is 8.30. The molecule has 0 aromatic carbocycles. The maximum atomic E-state index is 10.9. The second kappa shape index (κ2) is 4.30. The van der Waals surface area contributed by atoms with Gasteiger partial charge in [-0.3, -0.25) is 4.79 Å². The van der Waals surface area contributed by atoms with Crippen molar-refractivity contribution in [1.29, 1.82) is 0 Å². The quantitative estimate of drug-likeness (QED) is 0.808. The number of hydrogen-bond acceptors (Lipinski definition) is 2. The third-order valence-corrected chi connectivity index (χ3v) is 1.98. The normalized spacial score (nSPS) is 12.5. The van der Waals surface area contributed by atoms with Crippen molar-refractivity contribution in [2.24, 2.45) is 0 Å². The van der Waals surface area contributed by atoms with E-state index in [0.29, 0.717) is 5.33 Å². The van der Waals surface area contributed by atoms with Gasteiger partial charge in [0.2, 0.25) is 5.91 Å². The van der Waals surface area contributed by atoms with Gasteiger partial charge in [-0.15, -0.1) is 0 Å². The third-order valence-electron chi connectivity index (χ3n) is 1.47. The predicted octanol–water partition coefficient (Wildman–Crippen LogP) is 1.85. The van der Waals surface area contributed by atoms with Gasteiger partial charge in [0, 0.05) is 0 Å². The molecule has 1 atom stereocenters. The summed E-state index contributed by atoms with van der Waals surface area (Å²) in [6, 6.07) is 3.57. The summed E-state index contributed by atoms with van der Waals surface area (Å²) in [6.07, 6.45) is 1.59. The van der Waals surface area contributed by atoms with Gasteiger partial charge in [-0.05, 0) is 19.1 Å². The Hall–Kier alpha value is -0.770. The average molecular weight is 232 g/mol. The van der Waals surface area contributed by atoms with E-state index in [1.54, 1.807) is 12.3 Å². The second-order valence-electron chi connectivity index (χ2n) is 2.44. The van der Waals surface area contributed by atoms with Crippen molar-refractivity contribution in [3.63, 3.8) is 0 Å². The number of rotatable bonds is 3. The van der Waals surface area contributed by atoms with Gasteiger partial charge in [0.25, 0.3) is 0 Å². The van der Waals surface area contributed by atoms with Crippen LogP contribution in [0.25, 0.3) is 0 Å². The number of hydrogen-bond donors (Lipinski definition) is 1. The Balaban J connectivity index is 2.49. The van der Waals surface area contributed by atoms with Gasteiger partial charge >= 0.3 is 0 Å². The van der Waals surface area contributed by atoms with Crippen molar-refractivity contribution >= 4 is 21.8 Å². The fraction of sp³-hybridized carbons (Fsp3) is 0.375. The van der Waals surface area contributed by atoms with E-state index in [0.717, 1.165) is 5.76 Å². The molecule has 0 aliphatic carbocycles. The lowest BCUT2D eigenvalue weighted by Crippen LogP contribution is -2.26. The highest BCUT2D eigenvalue weighted by Gasteiger charge is 2.09. The number of carbonyl (C=O) groups is 1. The van der Waals surface area contributed by atoms with Crippen molar-refractivity contribution in [2.45, 2.75) is 13.0 Å². The number of carbonyl (C=O) groups excluding carboxylic acids is 1. The maximum Gasteiger partial charge on any atom is 0.231 e.